The molecule has 1 atom stereocenters. The maximum absolute atomic E-state index is 2.67. The number of hydrogen-bond acceptors (Lipinski definition) is 1. The van der Waals surface area contributed by atoms with E-state index >= 15 is 0 Å². The van der Waals surface area contributed by atoms with Crippen molar-refractivity contribution in [1.29, 1.82) is 0 Å². The van der Waals surface area contributed by atoms with E-state index in [9.17, 15) is 0 Å². The van der Waals surface area contributed by atoms with Crippen LogP contribution in [0.3, 0.4) is 0 Å². The number of benzene rings is 10. The smallest absolute Gasteiger partial charge is 0.0713 e. The van der Waals surface area contributed by atoms with Crippen LogP contribution in [0.2, 0.25) is 0 Å². The van der Waals surface area contributed by atoms with Crippen LogP contribution in [0.15, 0.2) is 231 Å². The molecule has 0 spiro atoms. The van der Waals surface area contributed by atoms with Gasteiger partial charge in [-0.25, -0.2) is 0 Å². The van der Waals surface area contributed by atoms with Gasteiger partial charge in [0.1, 0.15) is 0 Å². The molecule has 352 valence electrons. The van der Waals surface area contributed by atoms with Crippen molar-refractivity contribution in [2.45, 2.75) is 68.6 Å². The van der Waals surface area contributed by atoms with Crippen molar-refractivity contribution in [3.63, 3.8) is 0 Å². The normalized spacial score (nSPS) is 22.4. The number of anilines is 3. The molecule has 0 aliphatic heterocycles. The Bertz CT molecular complexity index is 3760. The summed E-state index contributed by atoms with van der Waals surface area (Å²) in [4.78, 5) is 2.49. The van der Waals surface area contributed by atoms with Gasteiger partial charge in [-0.2, -0.15) is 0 Å². The number of nitrogens with zero attached hydrogens (tertiary/aromatic N) is 1. The van der Waals surface area contributed by atoms with Crippen molar-refractivity contribution in [2.75, 3.05) is 4.90 Å². The quantitative estimate of drug-likeness (QED) is 0.147. The van der Waals surface area contributed by atoms with Gasteiger partial charge in [0, 0.05) is 22.5 Å². The van der Waals surface area contributed by atoms with Gasteiger partial charge in [-0.05, 0) is 192 Å². The summed E-state index contributed by atoms with van der Waals surface area (Å²) >= 11 is 0. The molecule has 0 radical (unpaired) electrons. The fourth-order valence-electron chi connectivity index (χ4n) is 16.0. The topological polar surface area (TPSA) is 3.24 Å². The van der Waals surface area contributed by atoms with Gasteiger partial charge >= 0.3 is 0 Å². The van der Waals surface area contributed by atoms with E-state index in [2.05, 4.69) is 249 Å². The first kappa shape index (κ1) is 42.9. The Balaban J connectivity index is 0.904. The molecule has 4 fully saturated rings. The molecule has 1 heteroatoms. The second-order valence-electron chi connectivity index (χ2n) is 23.0. The predicted octanol–water partition coefficient (Wildman–Crippen LogP) is 18.8. The van der Waals surface area contributed by atoms with E-state index in [-0.39, 0.29) is 5.41 Å². The molecule has 6 aliphatic carbocycles. The number of fused-ring (bicyclic) bond motifs is 7. The van der Waals surface area contributed by atoms with E-state index in [1.165, 1.54) is 127 Å². The summed E-state index contributed by atoms with van der Waals surface area (Å²) < 4.78 is 0. The second-order valence-corrected chi connectivity index (χ2v) is 23.0. The maximum Gasteiger partial charge on any atom is 0.0713 e. The predicted molar refractivity (Wildman–Crippen MR) is 304 cm³/mol. The summed E-state index contributed by atoms with van der Waals surface area (Å²) in [5, 5.41) is 2.51. The SMILES string of the molecule is CC1(C)c2ccccc2-c2cc(N(c3ccc(C4(c5ccccc5)c5ccccc5-c5cc(C67CC8CC(CC(C8)C6)C7)ccc54)cc3)c3cccc(-c4cccc5cccc(-c6ccccc6)c45)c3)ccc21. The minimum atomic E-state index is -0.482. The summed E-state index contributed by atoms with van der Waals surface area (Å²) in [6, 6.07) is 87.9. The average molecular weight is 938 g/mol. The lowest BCUT2D eigenvalue weighted by atomic mass is 9.48. The third-order valence-corrected chi connectivity index (χ3v) is 18.7. The largest absolute Gasteiger partial charge is 0.310 e. The van der Waals surface area contributed by atoms with Gasteiger partial charge in [-0.3, -0.25) is 0 Å². The van der Waals surface area contributed by atoms with Gasteiger partial charge < -0.3 is 4.90 Å². The Hall–Kier alpha value is -7.74. The molecule has 0 N–H and O–H groups in total. The first-order valence-corrected chi connectivity index (χ1v) is 27.0. The van der Waals surface area contributed by atoms with Crippen molar-refractivity contribution in [3.05, 3.63) is 269 Å². The molecule has 1 unspecified atom stereocenters. The van der Waals surface area contributed by atoms with Crippen LogP contribution in [0, 0.1) is 17.8 Å². The highest BCUT2D eigenvalue weighted by molar-refractivity contribution is 6.07. The Morgan fingerprint density at radius 1 is 0.342 bits per heavy atom. The van der Waals surface area contributed by atoms with E-state index in [0.717, 1.165) is 34.8 Å². The van der Waals surface area contributed by atoms with Crippen LogP contribution in [-0.4, -0.2) is 0 Å². The Labute approximate surface area is 430 Å². The molecule has 0 amide bonds. The third kappa shape index (κ3) is 6.40. The molecule has 10 aromatic carbocycles. The zero-order valence-corrected chi connectivity index (χ0v) is 41.9. The van der Waals surface area contributed by atoms with E-state index in [0.29, 0.717) is 5.41 Å². The Morgan fingerprint density at radius 2 is 0.822 bits per heavy atom. The Morgan fingerprint density at radius 3 is 1.53 bits per heavy atom. The van der Waals surface area contributed by atoms with Crippen molar-refractivity contribution in [3.8, 4) is 44.5 Å². The standard InChI is InChI=1S/C72H59N/c1-70(2)65-28-11-9-24-61(65)64-43-58(35-37-66(64)70)73(57-23-13-20-52(41-57)60-27-15-19-51-18-14-26-59(69(51)60)50-16-5-3-6-17-50)56-33-30-54(31-34-56)72(53-21-7-4-8-22-53)67-29-12-10-25-62(67)63-42-55(32-36-68(63)72)71-44-47-38-48(45-71)40-49(39-47)46-71/h3-37,41-43,47-49H,38-40,44-46H2,1-2H3. The highest BCUT2D eigenvalue weighted by Gasteiger charge is 2.53. The molecule has 0 heterocycles. The van der Waals surface area contributed by atoms with Crippen molar-refractivity contribution in [2.24, 2.45) is 17.8 Å². The fraction of sp³-hybridized carbons (Fsp3) is 0.194. The number of rotatable bonds is 8. The van der Waals surface area contributed by atoms with E-state index in [1.807, 2.05) is 0 Å². The summed E-state index contributed by atoms with van der Waals surface area (Å²) in [7, 11) is 0. The summed E-state index contributed by atoms with van der Waals surface area (Å²) in [6.45, 7) is 4.74. The molecule has 6 aliphatic rings. The van der Waals surface area contributed by atoms with E-state index in [1.54, 1.807) is 5.56 Å². The van der Waals surface area contributed by atoms with Crippen molar-refractivity contribution >= 4 is 27.8 Å². The van der Waals surface area contributed by atoms with E-state index < -0.39 is 5.41 Å². The molecule has 1 nitrogen and oxygen atoms in total. The second kappa shape index (κ2) is 16.1. The Kier molecular flexibility index (Phi) is 9.48. The van der Waals surface area contributed by atoms with Crippen LogP contribution >= 0.6 is 0 Å². The van der Waals surface area contributed by atoms with Crippen LogP contribution in [0.25, 0.3) is 55.3 Å². The summed E-state index contributed by atoms with van der Waals surface area (Å²) in [6.07, 6.45) is 8.49. The highest BCUT2D eigenvalue weighted by Crippen LogP contribution is 2.63. The van der Waals surface area contributed by atoms with Gasteiger partial charge in [0.25, 0.3) is 0 Å². The van der Waals surface area contributed by atoms with E-state index in [4.69, 9.17) is 0 Å². The molecular weight excluding hydrogens is 879 g/mol. The molecule has 73 heavy (non-hydrogen) atoms. The highest BCUT2D eigenvalue weighted by atomic mass is 15.1. The lowest BCUT2D eigenvalue weighted by Crippen LogP contribution is -2.48. The van der Waals surface area contributed by atoms with Gasteiger partial charge in [-0.1, -0.05) is 208 Å². The van der Waals surface area contributed by atoms with Gasteiger partial charge in [0.2, 0.25) is 0 Å². The maximum atomic E-state index is 2.67. The van der Waals surface area contributed by atoms with Crippen LogP contribution in [-0.2, 0) is 16.2 Å². The monoisotopic (exact) mass is 937 g/mol. The zero-order valence-electron chi connectivity index (χ0n) is 41.9. The van der Waals surface area contributed by atoms with Crippen LogP contribution in [0.4, 0.5) is 17.1 Å². The van der Waals surface area contributed by atoms with Crippen LogP contribution < -0.4 is 4.90 Å². The van der Waals surface area contributed by atoms with Gasteiger partial charge in [-0.15, -0.1) is 0 Å². The summed E-state index contributed by atoms with van der Waals surface area (Å²) in [5.41, 5.74) is 23.2. The lowest BCUT2D eigenvalue weighted by molar-refractivity contribution is -0.00517. The third-order valence-electron chi connectivity index (χ3n) is 18.7. The molecule has 16 rings (SSSR count). The van der Waals surface area contributed by atoms with Crippen molar-refractivity contribution < 1.29 is 0 Å². The summed E-state index contributed by atoms with van der Waals surface area (Å²) in [5.74, 6) is 2.71. The van der Waals surface area contributed by atoms with Crippen molar-refractivity contribution in [1.82, 2.24) is 0 Å². The minimum absolute atomic E-state index is 0.0860. The minimum Gasteiger partial charge on any atom is -0.310 e. The molecule has 0 saturated heterocycles. The first-order valence-electron chi connectivity index (χ1n) is 27.0. The molecule has 4 saturated carbocycles. The van der Waals surface area contributed by atoms with Gasteiger partial charge in [0.05, 0.1) is 5.41 Å². The van der Waals surface area contributed by atoms with Crippen LogP contribution in [0.1, 0.15) is 91.3 Å². The molecule has 0 aromatic heterocycles. The zero-order chi connectivity index (χ0) is 48.5. The molecule has 10 aromatic rings. The lowest BCUT2D eigenvalue weighted by Gasteiger charge is -2.57. The average Bonchev–Trinajstić information content (AvgIpc) is 3.89. The van der Waals surface area contributed by atoms with Gasteiger partial charge in [0.15, 0.2) is 0 Å². The molecule has 4 bridgehead atoms. The van der Waals surface area contributed by atoms with Crippen LogP contribution in [0.5, 0.6) is 0 Å². The molecular formula is C72H59N. The fourth-order valence-corrected chi connectivity index (χ4v) is 16.0. The first-order chi connectivity index (χ1) is 35.9. The number of hydrogen-bond donors (Lipinski definition) is 0.